The molecule has 0 aliphatic carbocycles. The van der Waals surface area contributed by atoms with Gasteiger partial charge in [0.25, 0.3) is 5.91 Å². The van der Waals surface area contributed by atoms with E-state index in [1.807, 2.05) is 36.4 Å². The molecule has 1 N–H and O–H groups in total. The molecule has 10 heteroatoms. The van der Waals surface area contributed by atoms with E-state index in [0.29, 0.717) is 17.7 Å². The second-order valence-corrected chi connectivity index (χ2v) is 9.93. The van der Waals surface area contributed by atoms with E-state index in [2.05, 4.69) is 10.5 Å². The largest absolute Gasteiger partial charge is 0.496 e. The number of benzene rings is 3. The lowest BCUT2D eigenvalue weighted by Crippen LogP contribution is -2.40. The number of hydrazone groups is 1. The highest BCUT2D eigenvalue weighted by Gasteiger charge is 2.28. The molecular formula is C24H23Cl2N3O4S. The zero-order valence-corrected chi connectivity index (χ0v) is 20.6. The van der Waals surface area contributed by atoms with Gasteiger partial charge in [-0.05, 0) is 42.3 Å². The number of hydrogen-bond acceptors (Lipinski definition) is 5. The first-order valence-corrected chi connectivity index (χ1v) is 12.4. The summed E-state index contributed by atoms with van der Waals surface area (Å²) in [5, 5.41) is 4.17. The Bertz CT molecular complexity index is 1270. The predicted molar refractivity (Wildman–Crippen MR) is 134 cm³/mol. The molecule has 0 aliphatic heterocycles. The average molecular weight is 520 g/mol. The molecule has 0 spiro atoms. The van der Waals surface area contributed by atoms with Crippen LogP contribution in [-0.4, -0.2) is 45.0 Å². The zero-order chi connectivity index (χ0) is 24.6. The van der Waals surface area contributed by atoms with Gasteiger partial charge in [0.05, 0.1) is 24.9 Å². The molecule has 1 amide bonds. The van der Waals surface area contributed by atoms with Crippen LogP contribution in [0, 0.1) is 0 Å². The molecule has 7 nitrogen and oxygen atoms in total. The maximum atomic E-state index is 13.4. The van der Waals surface area contributed by atoms with E-state index >= 15 is 0 Å². The number of amides is 1. The molecule has 0 fully saturated rings. The summed E-state index contributed by atoms with van der Waals surface area (Å²) < 4.78 is 33.1. The van der Waals surface area contributed by atoms with Crippen LogP contribution < -0.4 is 10.2 Å². The van der Waals surface area contributed by atoms with Crippen LogP contribution >= 0.6 is 23.2 Å². The number of carbonyl (C=O) groups excluding carboxylic acids is 1. The van der Waals surface area contributed by atoms with Crippen molar-refractivity contribution >= 4 is 45.3 Å². The Morgan fingerprint density at radius 1 is 1.06 bits per heavy atom. The lowest BCUT2D eigenvalue weighted by molar-refractivity contribution is -0.121. The standard InChI is InChI=1S/C24H23Cl2N3O4S/c1-33-22-10-6-5-9-19(22)16-27-28-24(30)17-29(14-13-18-7-3-2-4-8-18)34(31,32)23-15-20(25)11-12-21(23)26/h2-12,15-16H,13-14,17H2,1H3,(H,28,30)/b27-16-. The minimum absolute atomic E-state index is 0.0173. The molecule has 0 unspecified atom stereocenters. The molecule has 0 aliphatic rings. The van der Waals surface area contributed by atoms with Crippen molar-refractivity contribution < 1.29 is 17.9 Å². The van der Waals surface area contributed by atoms with E-state index in [4.69, 9.17) is 27.9 Å². The van der Waals surface area contributed by atoms with Crippen molar-refractivity contribution in [1.29, 1.82) is 0 Å². The maximum Gasteiger partial charge on any atom is 0.255 e. The van der Waals surface area contributed by atoms with Gasteiger partial charge < -0.3 is 4.74 Å². The molecule has 0 heterocycles. The van der Waals surface area contributed by atoms with E-state index in [1.165, 1.54) is 31.5 Å². The van der Waals surface area contributed by atoms with E-state index in [1.54, 1.807) is 18.2 Å². The van der Waals surface area contributed by atoms with Crippen molar-refractivity contribution in [2.24, 2.45) is 5.10 Å². The molecule has 0 saturated carbocycles. The molecule has 0 radical (unpaired) electrons. The summed E-state index contributed by atoms with van der Waals surface area (Å²) in [6.45, 7) is -0.403. The third kappa shape index (κ3) is 6.80. The molecule has 178 valence electrons. The van der Waals surface area contributed by atoms with Gasteiger partial charge in [0.1, 0.15) is 10.6 Å². The molecule has 3 rings (SSSR count). The molecule has 3 aromatic rings. The maximum absolute atomic E-state index is 13.4. The molecule has 0 aromatic heterocycles. The van der Waals surface area contributed by atoms with Gasteiger partial charge in [-0.2, -0.15) is 9.41 Å². The molecular weight excluding hydrogens is 497 g/mol. The fourth-order valence-corrected chi connectivity index (χ4v) is 5.27. The van der Waals surface area contributed by atoms with Crippen LogP contribution in [0.2, 0.25) is 10.0 Å². The monoisotopic (exact) mass is 519 g/mol. The quantitative estimate of drug-likeness (QED) is 0.318. The first-order chi connectivity index (χ1) is 16.3. The number of rotatable bonds is 10. The summed E-state index contributed by atoms with van der Waals surface area (Å²) in [7, 11) is -2.59. The van der Waals surface area contributed by atoms with Gasteiger partial charge in [-0.3, -0.25) is 4.79 Å². The van der Waals surface area contributed by atoms with Crippen LogP contribution in [-0.2, 0) is 21.2 Å². The number of halogens is 2. The first kappa shape index (κ1) is 25.7. The SMILES string of the molecule is COc1ccccc1/C=N\NC(=O)CN(CCc1ccccc1)S(=O)(=O)c1cc(Cl)ccc1Cl. The average Bonchev–Trinajstić information content (AvgIpc) is 2.84. The smallest absolute Gasteiger partial charge is 0.255 e. The third-order valence-electron chi connectivity index (χ3n) is 4.86. The van der Waals surface area contributed by atoms with Crippen LogP contribution in [0.15, 0.2) is 82.8 Å². The van der Waals surface area contributed by atoms with Crippen molar-refractivity contribution in [2.45, 2.75) is 11.3 Å². The summed E-state index contributed by atoms with van der Waals surface area (Å²) in [6, 6.07) is 20.7. The highest BCUT2D eigenvalue weighted by Crippen LogP contribution is 2.28. The Morgan fingerprint density at radius 3 is 2.50 bits per heavy atom. The molecule has 0 bridgehead atoms. The van der Waals surface area contributed by atoms with Crippen molar-refractivity contribution in [3.05, 3.63) is 94.0 Å². The van der Waals surface area contributed by atoms with Crippen molar-refractivity contribution in [2.75, 3.05) is 20.2 Å². The predicted octanol–water partition coefficient (Wildman–Crippen LogP) is 4.39. The Balaban J connectivity index is 1.79. The lowest BCUT2D eigenvalue weighted by Gasteiger charge is -2.22. The molecule has 3 aromatic carbocycles. The summed E-state index contributed by atoms with van der Waals surface area (Å²) >= 11 is 12.2. The van der Waals surface area contributed by atoms with Gasteiger partial charge in [0, 0.05) is 17.1 Å². The number of para-hydroxylation sites is 1. The second kappa shape index (κ2) is 12.0. The number of sulfonamides is 1. The van der Waals surface area contributed by atoms with Gasteiger partial charge in [-0.15, -0.1) is 0 Å². The van der Waals surface area contributed by atoms with Crippen LogP contribution in [0.1, 0.15) is 11.1 Å². The van der Waals surface area contributed by atoms with Crippen LogP contribution in [0.4, 0.5) is 0 Å². The van der Waals surface area contributed by atoms with Gasteiger partial charge in [0.2, 0.25) is 10.0 Å². The second-order valence-electron chi connectivity index (χ2n) is 7.18. The number of carbonyl (C=O) groups is 1. The first-order valence-electron chi connectivity index (χ1n) is 10.3. The van der Waals surface area contributed by atoms with Crippen LogP contribution in [0.3, 0.4) is 0 Å². The van der Waals surface area contributed by atoms with Gasteiger partial charge in [-0.1, -0.05) is 65.7 Å². The fraction of sp³-hybridized carbons (Fsp3) is 0.167. The van der Waals surface area contributed by atoms with Gasteiger partial charge >= 0.3 is 0 Å². The van der Waals surface area contributed by atoms with Crippen molar-refractivity contribution in [3.63, 3.8) is 0 Å². The third-order valence-corrected chi connectivity index (χ3v) is 7.42. The Morgan fingerprint density at radius 2 is 1.76 bits per heavy atom. The molecule has 0 saturated heterocycles. The summed E-state index contributed by atoms with van der Waals surface area (Å²) in [5.41, 5.74) is 3.95. The Labute approximate surface area is 209 Å². The van der Waals surface area contributed by atoms with Gasteiger partial charge in [-0.25, -0.2) is 13.8 Å². The normalized spacial score (nSPS) is 11.6. The highest BCUT2D eigenvalue weighted by molar-refractivity contribution is 7.89. The zero-order valence-electron chi connectivity index (χ0n) is 18.3. The fourth-order valence-electron chi connectivity index (χ4n) is 3.14. The minimum atomic E-state index is -4.12. The van der Waals surface area contributed by atoms with Crippen LogP contribution in [0.25, 0.3) is 0 Å². The van der Waals surface area contributed by atoms with E-state index in [0.717, 1.165) is 9.87 Å². The number of ether oxygens (including phenoxy) is 1. The summed E-state index contributed by atoms with van der Waals surface area (Å²) in [5.74, 6) is -0.0240. The van der Waals surface area contributed by atoms with E-state index in [-0.39, 0.29) is 21.5 Å². The number of nitrogens with one attached hydrogen (secondary N) is 1. The molecule has 0 atom stereocenters. The summed E-state index contributed by atoms with van der Waals surface area (Å²) in [6.07, 6.45) is 1.82. The Hall–Kier alpha value is -2.91. The van der Waals surface area contributed by atoms with E-state index < -0.39 is 22.5 Å². The lowest BCUT2D eigenvalue weighted by atomic mass is 10.1. The molecule has 34 heavy (non-hydrogen) atoms. The van der Waals surface area contributed by atoms with Gasteiger partial charge in [0.15, 0.2) is 0 Å². The topological polar surface area (TPSA) is 88.1 Å². The number of hydrogen-bond donors (Lipinski definition) is 1. The van der Waals surface area contributed by atoms with Crippen molar-refractivity contribution in [3.8, 4) is 5.75 Å². The highest BCUT2D eigenvalue weighted by atomic mass is 35.5. The Kier molecular flexibility index (Phi) is 9.06. The number of methoxy groups -OCH3 is 1. The van der Waals surface area contributed by atoms with E-state index in [9.17, 15) is 13.2 Å². The minimum Gasteiger partial charge on any atom is -0.496 e. The van der Waals surface area contributed by atoms with Crippen molar-refractivity contribution in [1.82, 2.24) is 9.73 Å². The van der Waals surface area contributed by atoms with Crippen LogP contribution in [0.5, 0.6) is 5.75 Å². The number of nitrogens with zero attached hydrogens (tertiary/aromatic N) is 2. The summed E-state index contributed by atoms with van der Waals surface area (Å²) in [4.78, 5) is 12.5.